The van der Waals surface area contributed by atoms with Crippen LogP contribution >= 0.6 is 0 Å². The lowest BCUT2D eigenvalue weighted by atomic mass is 9.86. The molecule has 1 aromatic rings. The summed E-state index contributed by atoms with van der Waals surface area (Å²) in [6, 6.07) is 2.04. The van der Waals surface area contributed by atoms with Crippen molar-refractivity contribution in [3.8, 4) is 0 Å². The van der Waals surface area contributed by atoms with Crippen LogP contribution in [0.5, 0.6) is 0 Å². The van der Waals surface area contributed by atoms with Gasteiger partial charge < -0.3 is 9.47 Å². The first-order valence-electron chi connectivity index (χ1n) is 9.51. The van der Waals surface area contributed by atoms with E-state index in [1.807, 2.05) is 47.6 Å². The molecule has 0 saturated heterocycles. The van der Waals surface area contributed by atoms with E-state index in [9.17, 15) is 9.59 Å². The van der Waals surface area contributed by atoms with Crippen molar-refractivity contribution in [2.24, 2.45) is 5.92 Å². The molecular weight excluding hydrogens is 358 g/mol. The third kappa shape index (κ3) is 4.22. The number of carbonyl (C=O) groups excluding carboxylic acids is 2. The van der Waals surface area contributed by atoms with Crippen molar-refractivity contribution < 1.29 is 23.9 Å². The average molecular weight is 389 g/mol. The third-order valence-electron chi connectivity index (χ3n) is 4.97. The predicted molar refractivity (Wildman–Crippen MR) is 108 cm³/mol. The third-order valence-corrected chi connectivity index (χ3v) is 4.97. The molecule has 0 bridgehead atoms. The Morgan fingerprint density at radius 2 is 1.75 bits per heavy atom. The minimum Gasteiger partial charge on any atom is -0.434 e. The van der Waals surface area contributed by atoms with Crippen LogP contribution in [0.25, 0.3) is 5.57 Å². The smallest absolute Gasteiger partial charge is 0.434 e. The van der Waals surface area contributed by atoms with Crippen LogP contribution in [0.4, 0.5) is 4.79 Å². The summed E-state index contributed by atoms with van der Waals surface area (Å²) in [5.41, 5.74) is 4.23. The van der Waals surface area contributed by atoms with Crippen molar-refractivity contribution in [3.05, 3.63) is 39.6 Å². The molecule has 154 valence electrons. The lowest BCUT2D eigenvalue weighted by molar-refractivity contribution is -0.219. The summed E-state index contributed by atoms with van der Waals surface area (Å²) in [6.07, 6.45) is -0.839. The van der Waals surface area contributed by atoms with Gasteiger partial charge in [-0.25, -0.2) is 9.86 Å². The lowest BCUT2D eigenvalue weighted by Crippen LogP contribution is -2.46. The maximum atomic E-state index is 13.1. The van der Waals surface area contributed by atoms with Crippen LogP contribution in [0.1, 0.15) is 55.5 Å². The topological polar surface area (TPSA) is 65.1 Å². The highest BCUT2D eigenvalue weighted by molar-refractivity contribution is 6.21. The molecule has 0 aliphatic carbocycles. The molecule has 6 heteroatoms. The van der Waals surface area contributed by atoms with Crippen molar-refractivity contribution in [1.82, 2.24) is 5.06 Å². The fraction of sp³-hybridized carbons (Fsp3) is 0.545. The second-order valence-corrected chi connectivity index (χ2v) is 8.30. The van der Waals surface area contributed by atoms with Gasteiger partial charge in [0.1, 0.15) is 5.60 Å². The summed E-state index contributed by atoms with van der Waals surface area (Å²) >= 11 is 0. The van der Waals surface area contributed by atoms with Gasteiger partial charge in [-0.2, -0.15) is 0 Å². The van der Waals surface area contributed by atoms with Crippen LogP contribution in [0.15, 0.2) is 11.8 Å². The molecule has 1 aliphatic rings. The van der Waals surface area contributed by atoms with E-state index >= 15 is 0 Å². The molecule has 1 heterocycles. The van der Waals surface area contributed by atoms with E-state index in [-0.39, 0.29) is 24.2 Å². The summed E-state index contributed by atoms with van der Waals surface area (Å²) in [4.78, 5) is 31.1. The quantitative estimate of drug-likeness (QED) is 0.703. The number of amides is 1. The first-order valence-corrected chi connectivity index (χ1v) is 9.51. The Labute approximate surface area is 167 Å². The molecule has 28 heavy (non-hydrogen) atoms. The van der Waals surface area contributed by atoms with Gasteiger partial charge in [0, 0.05) is 7.05 Å². The Morgan fingerprint density at radius 3 is 2.32 bits per heavy atom. The zero-order chi connectivity index (χ0) is 21.4. The van der Waals surface area contributed by atoms with Crippen LogP contribution in [0.3, 0.4) is 0 Å². The van der Waals surface area contributed by atoms with E-state index in [1.165, 1.54) is 5.06 Å². The van der Waals surface area contributed by atoms with Gasteiger partial charge in [0.15, 0.2) is 5.76 Å². The van der Waals surface area contributed by atoms with Gasteiger partial charge >= 0.3 is 6.16 Å². The van der Waals surface area contributed by atoms with Gasteiger partial charge in [-0.05, 0) is 75.3 Å². The summed E-state index contributed by atoms with van der Waals surface area (Å²) in [7, 11) is 1.56. The molecule has 0 spiro atoms. The standard InChI is InChI=1S/C22H31NO5/c1-12(2)11-26-21(25)27-19-18(20(24)23(9)28-22(19,7)8)17-14(4)10-13(3)15(5)16(17)6/h10,12H,11H2,1-9H3. The number of hydrogen-bond donors (Lipinski definition) is 0. The average Bonchev–Trinajstić information content (AvgIpc) is 2.58. The number of hydrogen-bond acceptors (Lipinski definition) is 5. The van der Waals surface area contributed by atoms with E-state index in [4.69, 9.17) is 14.3 Å². The fourth-order valence-electron chi connectivity index (χ4n) is 3.39. The van der Waals surface area contributed by atoms with Crippen molar-refractivity contribution in [2.45, 2.75) is 61.0 Å². The minimum atomic E-state index is -1.02. The molecule has 0 N–H and O–H groups in total. The fourth-order valence-corrected chi connectivity index (χ4v) is 3.39. The molecule has 0 unspecified atom stereocenters. The molecule has 0 fully saturated rings. The van der Waals surface area contributed by atoms with Gasteiger partial charge in [0.25, 0.3) is 5.91 Å². The Bertz CT molecular complexity index is 836. The van der Waals surface area contributed by atoms with Gasteiger partial charge in [-0.3, -0.25) is 9.63 Å². The van der Waals surface area contributed by atoms with Gasteiger partial charge in [-0.15, -0.1) is 0 Å². The van der Waals surface area contributed by atoms with E-state index in [0.717, 1.165) is 27.8 Å². The molecule has 6 nitrogen and oxygen atoms in total. The van der Waals surface area contributed by atoms with E-state index in [1.54, 1.807) is 20.9 Å². The van der Waals surface area contributed by atoms with Crippen LogP contribution in [-0.2, 0) is 19.1 Å². The molecule has 0 saturated carbocycles. The highest BCUT2D eigenvalue weighted by Crippen LogP contribution is 2.40. The summed E-state index contributed by atoms with van der Waals surface area (Å²) in [5, 5.41) is 1.19. The van der Waals surface area contributed by atoms with Crippen molar-refractivity contribution in [1.29, 1.82) is 0 Å². The highest BCUT2D eigenvalue weighted by Gasteiger charge is 2.43. The predicted octanol–water partition coefficient (Wildman–Crippen LogP) is 4.62. The molecule has 0 radical (unpaired) electrons. The molecule has 1 amide bonds. The zero-order valence-electron chi connectivity index (χ0n) is 18.4. The Morgan fingerprint density at radius 1 is 1.14 bits per heavy atom. The largest absolute Gasteiger partial charge is 0.513 e. The van der Waals surface area contributed by atoms with Crippen molar-refractivity contribution in [2.75, 3.05) is 13.7 Å². The monoisotopic (exact) mass is 389 g/mol. The molecule has 2 rings (SSSR count). The van der Waals surface area contributed by atoms with Crippen LogP contribution in [0, 0.1) is 33.6 Å². The van der Waals surface area contributed by atoms with Gasteiger partial charge in [-0.1, -0.05) is 19.9 Å². The van der Waals surface area contributed by atoms with Crippen LogP contribution in [0.2, 0.25) is 0 Å². The maximum Gasteiger partial charge on any atom is 0.513 e. The van der Waals surface area contributed by atoms with Crippen LogP contribution < -0.4 is 0 Å². The Kier molecular flexibility index (Phi) is 6.24. The molecule has 1 aromatic carbocycles. The second-order valence-electron chi connectivity index (χ2n) is 8.30. The second kappa shape index (κ2) is 7.95. The number of nitrogens with zero attached hydrogens (tertiary/aromatic N) is 1. The number of aryl methyl sites for hydroxylation is 2. The highest BCUT2D eigenvalue weighted by atomic mass is 16.8. The number of benzene rings is 1. The zero-order valence-corrected chi connectivity index (χ0v) is 18.4. The number of likely N-dealkylation sites (N-methyl/N-ethyl adjacent to an activating group) is 1. The Hall–Kier alpha value is -2.34. The maximum absolute atomic E-state index is 13.1. The number of ether oxygens (including phenoxy) is 2. The van der Waals surface area contributed by atoms with Crippen molar-refractivity contribution >= 4 is 17.6 Å². The number of rotatable bonds is 4. The van der Waals surface area contributed by atoms with E-state index < -0.39 is 11.8 Å². The molecule has 0 atom stereocenters. The molecule has 1 aliphatic heterocycles. The lowest BCUT2D eigenvalue weighted by Gasteiger charge is -2.38. The summed E-state index contributed by atoms with van der Waals surface area (Å²) < 4.78 is 10.7. The first kappa shape index (κ1) is 22.0. The Balaban J connectivity index is 2.68. The van der Waals surface area contributed by atoms with Gasteiger partial charge in [0.05, 0.1) is 12.2 Å². The normalized spacial score (nSPS) is 16.6. The van der Waals surface area contributed by atoms with Crippen LogP contribution in [-0.4, -0.2) is 36.4 Å². The van der Waals surface area contributed by atoms with Crippen molar-refractivity contribution in [3.63, 3.8) is 0 Å². The summed E-state index contributed by atoms with van der Waals surface area (Å²) in [6.45, 7) is 15.6. The van der Waals surface area contributed by atoms with Gasteiger partial charge in [0.2, 0.25) is 0 Å². The summed E-state index contributed by atoms with van der Waals surface area (Å²) in [5.74, 6) is -0.0205. The number of hydroxylamine groups is 2. The number of carbonyl (C=O) groups is 2. The first-order chi connectivity index (χ1) is 12.9. The molecule has 0 aromatic heterocycles. The SMILES string of the molecule is Cc1cc(C)c(C2=C(OC(=O)OCC(C)C)C(C)(C)ON(C)C2=O)c(C)c1C. The van der Waals surface area contributed by atoms with E-state index in [0.29, 0.717) is 5.57 Å². The minimum absolute atomic E-state index is 0.166. The van der Waals surface area contributed by atoms with E-state index in [2.05, 4.69) is 0 Å². The molecular formula is C22H31NO5.